The maximum atomic E-state index is 13.6. The second kappa shape index (κ2) is 11.0. The molecule has 33 heavy (non-hydrogen) atoms. The summed E-state index contributed by atoms with van der Waals surface area (Å²) in [6.07, 6.45) is -0.908. The molecule has 0 unspecified atom stereocenters. The van der Waals surface area contributed by atoms with Gasteiger partial charge in [-0.25, -0.2) is 5.01 Å². The Hall–Kier alpha value is -2.68. The maximum absolute atomic E-state index is 13.6. The fourth-order valence-electron chi connectivity index (χ4n) is 4.16. The fourth-order valence-corrected chi connectivity index (χ4v) is 4.16. The Morgan fingerprint density at radius 3 is 2.15 bits per heavy atom. The van der Waals surface area contributed by atoms with E-state index in [1.54, 1.807) is 30.3 Å². The molecule has 0 aliphatic carbocycles. The topological polar surface area (TPSA) is 110 Å². The molecule has 178 valence electrons. The summed E-state index contributed by atoms with van der Waals surface area (Å²) >= 11 is 0. The van der Waals surface area contributed by atoms with Gasteiger partial charge in [-0.2, -0.15) is 0 Å². The number of aliphatic hydroxyl groups is 2. The molecular formula is C25H35BN2O5. The highest BCUT2D eigenvalue weighted by molar-refractivity contribution is 6.45. The van der Waals surface area contributed by atoms with Gasteiger partial charge in [-0.1, -0.05) is 62.5 Å². The van der Waals surface area contributed by atoms with Crippen molar-refractivity contribution in [1.29, 1.82) is 0 Å². The Kier molecular flexibility index (Phi) is 8.83. The van der Waals surface area contributed by atoms with Gasteiger partial charge >= 0.3 is 7.48 Å². The molecule has 1 atom stereocenters. The molecule has 0 fully saturated rings. The molecule has 0 aliphatic heterocycles. The Morgan fingerprint density at radius 2 is 1.61 bits per heavy atom. The summed E-state index contributed by atoms with van der Waals surface area (Å²) < 4.78 is 0. The lowest BCUT2D eigenvalue weighted by molar-refractivity contribution is -0.0381. The Bertz CT molecular complexity index is 1000. The van der Waals surface area contributed by atoms with E-state index in [2.05, 4.69) is 5.43 Å². The van der Waals surface area contributed by atoms with Crippen LogP contribution in [0.2, 0.25) is 0 Å². The number of aryl methyl sites for hydroxylation is 2. The lowest BCUT2D eigenvalue weighted by Gasteiger charge is -2.39. The van der Waals surface area contributed by atoms with Gasteiger partial charge in [-0.05, 0) is 49.4 Å². The number of nitrogens with one attached hydrogen (secondary N) is 1. The van der Waals surface area contributed by atoms with Gasteiger partial charge in [0.05, 0.1) is 6.04 Å². The predicted molar refractivity (Wildman–Crippen MR) is 130 cm³/mol. The van der Waals surface area contributed by atoms with Crippen LogP contribution in [0.1, 0.15) is 71.5 Å². The Morgan fingerprint density at radius 1 is 1.00 bits per heavy atom. The first-order chi connectivity index (χ1) is 15.3. The first kappa shape index (κ1) is 26.6. The lowest BCUT2D eigenvalue weighted by atomic mass is 9.83. The standard InChI is InChI=1S/C25H35BN2O5/c1-7-21(25(4,5)6)28(24(32)19-10-16(3)11-20(14-19)26-33)27-23(31)18-9-15(2)8-17(12-18)13-22(29)30/h8-12,14,21-22,26,29-30,33H,7,13H2,1-6H3,(H,27,31)/t21-/m1/s1. The van der Waals surface area contributed by atoms with Crippen molar-refractivity contribution >= 4 is 24.8 Å². The molecule has 0 saturated carbocycles. The first-order valence-corrected chi connectivity index (χ1v) is 11.2. The quantitative estimate of drug-likeness (QED) is 0.290. The van der Waals surface area contributed by atoms with Crippen LogP contribution in [0.5, 0.6) is 0 Å². The summed E-state index contributed by atoms with van der Waals surface area (Å²) in [6, 6.07) is 9.96. The molecule has 0 aromatic heterocycles. The highest BCUT2D eigenvalue weighted by atomic mass is 16.5. The normalized spacial score (nSPS) is 12.4. The van der Waals surface area contributed by atoms with Crippen LogP contribution in [0.15, 0.2) is 36.4 Å². The lowest BCUT2D eigenvalue weighted by Crippen LogP contribution is -2.56. The third-order valence-electron chi connectivity index (χ3n) is 5.52. The van der Waals surface area contributed by atoms with E-state index in [0.29, 0.717) is 28.6 Å². The van der Waals surface area contributed by atoms with E-state index in [0.717, 1.165) is 11.1 Å². The minimum absolute atomic E-state index is 0.00257. The minimum atomic E-state index is -1.52. The summed E-state index contributed by atoms with van der Waals surface area (Å²) in [6.45, 7) is 11.7. The molecule has 2 amide bonds. The van der Waals surface area contributed by atoms with Crippen molar-refractivity contribution < 1.29 is 24.8 Å². The average Bonchev–Trinajstić information content (AvgIpc) is 2.70. The number of nitrogens with zero attached hydrogens (tertiary/aromatic N) is 1. The molecule has 0 radical (unpaired) electrons. The molecule has 0 bridgehead atoms. The number of rotatable bonds is 7. The molecule has 8 heteroatoms. The van der Waals surface area contributed by atoms with Crippen molar-refractivity contribution in [2.75, 3.05) is 0 Å². The second-order valence-corrected chi connectivity index (χ2v) is 9.66. The van der Waals surface area contributed by atoms with Crippen molar-refractivity contribution in [1.82, 2.24) is 10.4 Å². The van der Waals surface area contributed by atoms with Gasteiger partial charge in [0, 0.05) is 17.5 Å². The highest BCUT2D eigenvalue weighted by Crippen LogP contribution is 2.27. The van der Waals surface area contributed by atoms with Crippen molar-refractivity contribution in [2.45, 2.75) is 66.7 Å². The first-order valence-electron chi connectivity index (χ1n) is 11.2. The molecule has 0 aliphatic rings. The molecule has 2 aromatic carbocycles. The van der Waals surface area contributed by atoms with Crippen LogP contribution < -0.4 is 10.9 Å². The summed E-state index contributed by atoms with van der Waals surface area (Å²) in [5.41, 5.74) is 6.08. The zero-order valence-corrected chi connectivity index (χ0v) is 20.3. The van der Waals surface area contributed by atoms with E-state index in [-0.39, 0.29) is 31.3 Å². The molecular weight excluding hydrogens is 419 g/mol. The number of carbonyl (C=O) groups excluding carboxylic acids is 2. The zero-order chi connectivity index (χ0) is 24.9. The molecule has 0 saturated heterocycles. The van der Waals surface area contributed by atoms with Crippen LogP contribution in [0.25, 0.3) is 0 Å². The van der Waals surface area contributed by atoms with E-state index < -0.39 is 12.2 Å². The molecule has 0 spiro atoms. The third kappa shape index (κ3) is 7.15. The van der Waals surface area contributed by atoms with E-state index >= 15 is 0 Å². The Balaban J connectivity index is 2.47. The van der Waals surface area contributed by atoms with Crippen LogP contribution in [0.3, 0.4) is 0 Å². The maximum Gasteiger partial charge on any atom is 0.304 e. The number of hydrogen-bond donors (Lipinski definition) is 4. The Labute approximate surface area is 196 Å². The van der Waals surface area contributed by atoms with Crippen LogP contribution >= 0.6 is 0 Å². The molecule has 2 rings (SSSR count). The van der Waals surface area contributed by atoms with Crippen LogP contribution in [0.4, 0.5) is 0 Å². The van der Waals surface area contributed by atoms with Crippen molar-refractivity contribution in [3.05, 3.63) is 64.2 Å². The molecule has 0 heterocycles. The number of aliphatic hydroxyl groups excluding tert-OH is 1. The van der Waals surface area contributed by atoms with Gasteiger partial charge in [0.15, 0.2) is 6.29 Å². The molecule has 2 aromatic rings. The van der Waals surface area contributed by atoms with Gasteiger partial charge in [0.1, 0.15) is 0 Å². The number of hydrazine groups is 1. The smallest absolute Gasteiger partial charge is 0.304 e. The van der Waals surface area contributed by atoms with Gasteiger partial charge in [-0.3, -0.25) is 15.0 Å². The number of amides is 2. The zero-order valence-electron chi connectivity index (χ0n) is 20.3. The number of carbonyl (C=O) groups is 2. The van der Waals surface area contributed by atoms with Crippen LogP contribution in [-0.4, -0.2) is 51.9 Å². The summed E-state index contributed by atoms with van der Waals surface area (Å²) in [5.74, 6) is -0.819. The van der Waals surface area contributed by atoms with E-state index in [4.69, 9.17) is 0 Å². The van der Waals surface area contributed by atoms with E-state index in [1.165, 1.54) is 5.01 Å². The largest absolute Gasteiger partial charge is 0.449 e. The summed E-state index contributed by atoms with van der Waals surface area (Å²) in [4.78, 5) is 26.9. The van der Waals surface area contributed by atoms with Gasteiger partial charge in [0.2, 0.25) is 0 Å². The third-order valence-corrected chi connectivity index (χ3v) is 5.52. The van der Waals surface area contributed by atoms with Gasteiger partial charge in [-0.15, -0.1) is 0 Å². The fraction of sp³-hybridized carbons (Fsp3) is 0.440. The number of hydrogen-bond acceptors (Lipinski definition) is 5. The van der Waals surface area contributed by atoms with Crippen molar-refractivity contribution in [3.63, 3.8) is 0 Å². The molecule has 7 nitrogen and oxygen atoms in total. The van der Waals surface area contributed by atoms with Crippen LogP contribution in [-0.2, 0) is 6.42 Å². The van der Waals surface area contributed by atoms with E-state index in [9.17, 15) is 24.8 Å². The number of benzene rings is 2. The SMILES string of the molecule is CC[C@@H](N(NC(=O)c1cc(C)cc(CC(O)O)c1)C(=O)c1cc(C)cc(BO)c1)C(C)(C)C. The second-order valence-electron chi connectivity index (χ2n) is 9.66. The van der Waals surface area contributed by atoms with Crippen molar-refractivity contribution in [2.24, 2.45) is 5.41 Å². The van der Waals surface area contributed by atoms with Gasteiger partial charge in [0.25, 0.3) is 11.8 Å². The average molecular weight is 454 g/mol. The summed E-state index contributed by atoms with van der Waals surface area (Å²) in [7, 11) is -0.187. The molecule has 4 N–H and O–H groups in total. The predicted octanol–water partition coefficient (Wildman–Crippen LogP) is 1.74. The monoisotopic (exact) mass is 454 g/mol. The van der Waals surface area contributed by atoms with Crippen molar-refractivity contribution in [3.8, 4) is 0 Å². The van der Waals surface area contributed by atoms with Crippen LogP contribution in [0, 0.1) is 19.3 Å². The summed E-state index contributed by atoms with van der Waals surface area (Å²) in [5, 5.41) is 29.6. The van der Waals surface area contributed by atoms with Gasteiger partial charge < -0.3 is 15.2 Å². The van der Waals surface area contributed by atoms with E-state index in [1.807, 2.05) is 47.6 Å². The minimum Gasteiger partial charge on any atom is -0.449 e. The highest BCUT2D eigenvalue weighted by Gasteiger charge is 2.34.